The topological polar surface area (TPSA) is 26.3 Å². The van der Waals surface area contributed by atoms with E-state index in [0.717, 1.165) is 49.4 Å². The van der Waals surface area contributed by atoms with Crippen LogP contribution >= 0.6 is 0 Å². The highest BCUT2D eigenvalue weighted by atomic mass is 16.3. The van der Waals surface area contributed by atoms with E-state index in [0.29, 0.717) is 0 Å². The summed E-state index contributed by atoms with van der Waals surface area (Å²) < 4.78 is 13.5. The fourth-order valence-corrected chi connectivity index (χ4v) is 9.72. The van der Waals surface area contributed by atoms with Gasteiger partial charge < -0.3 is 8.83 Å². The fourth-order valence-electron chi connectivity index (χ4n) is 9.72. The number of para-hydroxylation sites is 2. The van der Waals surface area contributed by atoms with E-state index in [9.17, 15) is 0 Å². The monoisotopic (exact) mass is 676 g/mol. The average molecular weight is 677 g/mol. The molecule has 0 saturated heterocycles. The molecule has 0 unspecified atom stereocenters. The number of benzene rings is 9. The summed E-state index contributed by atoms with van der Waals surface area (Å²) in [6.07, 6.45) is 0. The number of fused-ring (bicyclic) bond motifs is 14. The molecule has 2 aromatic heterocycles. The first kappa shape index (κ1) is 29.0. The lowest BCUT2D eigenvalue weighted by atomic mass is 9.79. The molecule has 0 radical (unpaired) electrons. The Kier molecular flexibility index (Phi) is 5.60. The maximum Gasteiger partial charge on any atom is 0.147 e. The van der Waals surface area contributed by atoms with Gasteiger partial charge >= 0.3 is 0 Å². The van der Waals surface area contributed by atoms with Gasteiger partial charge in [-0.25, -0.2) is 0 Å². The standard InChI is InChI=1S/C51H32O2/c1-51(2)41-24-12-9-22-36(41)47-31-17-4-3-15-29(31)38(28-42(47)51)45-32-18-5-7-20-34(32)46(35-21-8-6-19-33(35)45)40-27-39-30-16-10-13-25-43(30)52-49(39)48-37-23-11-14-26-44(37)53-50(40)48/h3-28H,1-2H3. The molecule has 0 aliphatic heterocycles. The fraction of sp³-hybridized carbons (Fsp3) is 0.0588. The molecular weight excluding hydrogens is 645 g/mol. The quantitative estimate of drug-likeness (QED) is 0.170. The Hall–Kier alpha value is -6.64. The van der Waals surface area contributed by atoms with Crippen LogP contribution in [0.4, 0.5) is 0 Å². The number of furan rings is 2. The van der Waals surface area contributed by atoms with Gasteiger partial charge in [0.25, 0.3) is 0 Å². The lowest BCUT2D eigenvalue weighted by Crippen LogP contribution is -2.15. The Labute approximate surface area is 305 Å². The molecule has 53 heavy (non-hydrogen) atoms. The van der Waals surface area contributed by atoms with Crippen molar-refractivity contribution < 1.29 is 8.83 Å². The van der Waals surface area contributed by atoms with Crippen molar-refractivity contribution in [2.24, 2.45) is 0 Å². The maximum atomic E-state index is 6.86. The highest BCUT2D eigenvalue weighted by Crippen LogP contribution is 2.55. The molecule has 2 heterocycles. The SMILES string of the molecule is CC1(C)c2ccccc2-c2c1cc(-c1c3ccccc3c(-c3cc4c5ccccc5oc4c4c3oc3ccccc34)c3ccccc13)c1ccccc21. The Morgan fingerprint density at radius 2 is 0.811 bits per heavy atom. The highest BCUT2D eigenvalue weighted by molar-refractivity contribution is 6.30. The van der Waals surface area contributed by atoms with Crippen LogP contribution in [0.5, 0.6) is 0 Å². The van der Waals surface area contributed by atoms with Crippen molar-refractivity contribution in [1.29, 1.82) is 0 Å². The number of rotatable bonds is 2. The molecule has 2 nitrogen and oxygen atoms in total. The Morgan fingerprint density at radius 1 is 0.340 bits per heavy atom. The summed E-state index contributed by atoms with van der Waals surface area (Å²) in [5, 5.41) is 11.7. The van der Waals surface area contributed by atoms with Gasteiger partial charge in [-0.2, -0.15) is 0 Å². The van der Waals surface area contributed by atoms with Crippen LogP contribution in [0.3, 0.4) is 0 Å². The van der Waals surface area contributed by atoms with Crippen LogP contribution in [-0.4, -0.2) is 0 Å². The highest BCUT2D eigenvalue weighted by Gasteiger charge is 2.37. The molecule has 1 aliphatic rings. The van der Waals surface area contributed by atoms with Gasteiger partial charge in [0.05, 0.1) is 5.39 Å². The van der Waals surface area contributed by atoms with Crippen molar-refractivity contribution in [1.82, 2.24) is 0 Å². The second-order valence-electron chi connectivity index (χ2n) is 15.1. The normalized spacial score (nSPS) is 13.6. The van der Waals surface area contributed by atoms with E-state index in [4.69, 9.17) is 8.83 Å². The maximum absolute atomic E-state index is 6.86. The van der Waals surface area contributed by atoms with Crippen LogP contribution in [-0.2, 0) is 5.41 Å². The molecule has 0 bridgehead atoms. The first-order chi connectivity index (χ1) is 26.1. The molecule has 0 amide bonds. The zero-order valence-corrected chi connectivity index (χ0v) is 29.3. The van der Waals surface area contributed by atoms with Crippen molar-refractivity contribution in [2.45, 2.75) is 19.3 Å². The van der Waals surface area contributed by atoms with Crippen LogP contribution in [0.1, 0.15) is 25.0 Å². The molecule has 0 saturated carbocycles. The minimum absolute atomic E-state index is 0.133. The van der Waals surface area contributed by atoms with Crippen LogP contribution in [0.25, 0.3) is 110 Å². The minimum Gasteiger partial charge on any atom is -0.455 e. The third-order valence-corrected chi connectivity index (χ3v) is 12.0. The van der Waals surface area contributed by atoms with E-state index in [-0.39, 0.29) is 5.41 Å². The largest absolute Gasteiger partial charge is 0.455 e. The molecular formula is C51H32O2. The molecule has 11 aromatic rings. The van der Waals surface area contributed by atoms with Gasteiger partial charge in [0.15, 0.2) is 0 Å². The van der Waals surface area contributed by atoms with Gasteiger partial charge in [0.2, 0.25) is 0 Å². The van der Waals surface area contributed by atoms with Crippen molar-refractivity contribution in [3.05, 3.63) is 169 Å². The van der Waals surface area contributed by atoms with Gasteiger partial charge in [0.1, 0.15) is 22.3 Å². The molecule has 2 heteroatoms. The predicted molar refractivity (Wildman–Crippen MR) is 222 cm³/mol. The molecule has 1 aliphatic carbocycles. The summed E-state index contributed by atoms with van der Waals surface area (Å²) in [6, 6.07) is 57.4. The second-order valence-corrected chi connectivity index (χ2v) is 15.1. The zero-order valence-electron chi connectivity index (χ0n) is 29.3. The minimum atomic E-state index is -0.133. The van der Waals surface area contributed by atoms with Gasteiger partial charge in [-0.05, 0) is 90.0 Å². The second kappa shape index (κ2) is 10.2. The molecule has 0 atom stereocenters. The Bertz CT molecular complexity index is 3310. The molecule has 12 rings (SSSR count). The summed E-state index contributed by atoms with van der Waals surface area (Å²) in [7, 11) is 0. The van der Waals surface area contributed by atoms with Crippen molar-refractivity contribution in [2.75, 3.05) is 0 Å². The van der Waals surface area contributed by atoms with E-state index < -0.39 is 0 Å². The summed E-state index contributed by atoms with van der Waals surface area (Å²) >= 11 is 0. The summed E-state index contributed by atoms with van der Waals surface area (Å²) in [5.74, 6) is 0. The average Bonchev–Trinajstić information content (AvgIpc) is 3.84. The first-order valence-corrected chi connectivity index (χ1v) is 18.4. The lowest BCUT2D eigenvalue weighted by molar-refractivity contribution is 0.661. The predicted octanol–water partition coefficient (Wildman–Crippen LogP) is 14.6. The van der Waals surface area contributed by atoms with Crippen LogP contribution in [0.15, 0.2) is 167 Å². The van der Waals surface area contributed by atoms with Crippen molar-refractivity contribution >= 4 is 76.2 Å². The van der Waals surface area contributed by atoms with Crippen LogP contribution in [0.2, 0.25) is 0 Å². The van der Waals surface area contributed by atoms with E-state index in [2.05, 4.69) is 159 Å². The van der Waals surface area contributed by atoms with Gasteiger partial charge in [-0.3, -0.25) is 0 Å². The van der Waals surface area contributed by atoms with Gasteiger partial charge in [0, 0.05) is 32.7 Å². The van der Waals surface area contributed by atoms with E-state index >= 15 is 0 Å². The van der Waals surface area contributed by atoms with E-state index in [1.54, 1.807) is 0 Å². The lowest BCUT2D eigenvalue weighted by Gasteiger charge is -2.24. The molecule has 0 fully saturated rings. The van der Waals surface area contributed by atoms with E-state index in [1.165, 1.54) is 71.3 Å². The summed E-state index contributed by atoms with van der Waals surface area (Å²) in [4.78, 5) is 0. The first-order valence-electron chi connectivity index (χ1n) is 18.4. The van der Waals surface area contributed by atoms with Crippen LogP contribution in [0, 0.1) is 0 Å². The van der Waals surface area contributed by atoms with Gasteiger partial charge in [-0.15, -0.1) is 0 Å². The van der Waals surface area contributed by atoms with Crippen LogP contribution < -0.4 is 0 Å². The summed E-state index contributed by atoms with van der Waals surface area (Å²) in [5.41, 5.74) is 13.6. The van der Waals surface area contributed by atoms with Crippen molar-refractivity contribution in [3.63, 3.8) is 0 Å². The third kappa shape index (κ3) is 3.72. The number of hydrogen-bond acceptors (Lipinski definition) is 2. The molecule has 0 spiro atoms. The van der Waals surface area contributed by atoms with Crippen molar-refractivity contribution in [3.8, 4) is 33.4 Å². The molecule has 9 aromatic carbocycles. The third-order valence-electron chi connectivity index (χ3n) is 12.0. The zero-order chi connectivity index (χ0) is 35.0. The Balaban J connectivity index is 1.26. The Morgan fingerprint density at radius 3 is 1.47 bits per heavy atom. The smallest absolute Gasteiger partial charge is 0.147 e. The number of hydrogen-bond donors (Lipinski definition) is 0. The van der Waals surface area contributed by atoms with E-state index in [1.807, 2.05) is 12.1 Å². The summed E-state index contributed by atoms with van der Waals surface area (Å²) in [6.45, 7) is 4.76. The molecule has 248 valence electrons. The molecule has 0 N–H and O–H groups in total. The van der Waals surface area contributed by atoms with Gasteiger partial charge in [-0.1, -0.05) is 147 Å².